The van der Waals surface area contributed by atoms with Gasteiger partial charge in [-0.2, -0.15) is 0 Å². The second kappa shape index (κ2) is 9.30. The monoisotopic (exact) mass is 418 g/mol. The van der Waals surface area contributed by atoms with Crippen molar-refractivity contribution < 1.29 is 4.79 Å². The summed E-state index contributed by atoms with van der Waals surface area (Å²) in [5, 5.41) is 0.764. The van der Waals surface area contributed by atoms with Gasteiger partial charge in [-0.3, -0.25) is 4.79 Å². The van der Waals surface area contributed by atoms with Crippen molar-refractivity contribution in [1.82, 2.24) is 9.80 Å². The Balaban J connectivity index is 0.00000225. The molecule has 2 aromatic carbocycles. The highest BCUT2D eigenvalue weighted by Gasteiger charge is 2.38. The highest BCUT2D eigenvalue weighted by Crippen LogP contribution is 2.37. The SMILES string of the molecule is CN1C(=O)[C@H](CN2CCCCC2)C[C@@H]1c1ccc(-c2ccccc2Cl)cc1.Cl. The summed E-state index contributed by atoms with van der Waals surface area (Å²) in [6.45, 7) is 3.20. The van der Waals surface area contributed by atoms with E-state index in [1.165, 1.54) is 24.8 Å². The summed E-state index contributed by atoms with van der Waals surface area (Å²) in [6.07, 6.45) is 4.78. The lowest BCUT2D eigenvalue weighted by molar-refractivity contribution is -0.131. The van der Waals surface area contributed by atoms with E-state index in [0.29, 0.717) is 5.91 Å². The van der Waals surface area contributed by atoms with Crippen LogP contribution in [0.25, 0.3) is 11.1 Å². The van der Waals surface area contributed by atoms with Gasteiger partial charge in [-0.1, -0.05) is 60.5 Å². The minimum atomic E-state index is 0. The number of piperidine rings is 1. The molecule has 5 heteroatoms. The van der Waals surface area contributed by atoms with Crippen LogP contribution in [0.3, 0.4) is 0 Å². The molecule has 0 N–H and O–H groups in total. The molecule has 2 fully saturated rings. The van der Waals surface area contributed by atoms with Crippen molar-refractivity contribution in [3.63, 3.8) is 0 Å². The molecule has 0 saturated carbocycles. The number of hydrogen-bond acceptors (Lipinski definition) is 2. The molecule has 1 amide bonds. The number of likely N-dealkylation sites (tertiary alicyclic amines) is 2. The normalized spacial score (nSPS) is 22.9. The van der Waals surface area contributed by atoms with Crippen molar-refractivity contribution in [3.05, 3.63) is 59.1 Å². The largest absolute Gasteiger partial charge is 0.338 e. The van der Waals surface area contributed by atoms with E-state index in [9.17, 15) is 4.79 Å². The van der Waals surface area contributed by atoms with Crippen LogP contribution in [0, 0.1) is 5.92 Å². The third-order valence-electron chi connectivity index (χ3n) is 6.08. The molecule has 0 aromatic heterocycles. The quantitative estimate of drug-likeness (QED) is 0.660. The van der Waals surface area contributed by atoms with E-state index in [4.69, 9.17) is 11.6 Å². The van der Waals surface area contributed by atoms with Gasteiger partial charge in [0.25, 0.3) is 0 Å². The molecule has 4 rings (SSSR count). The minimum Gasteiger partial charge on any atom is -0.338 e. The predicted molar refractivity (Wildman–Crippen MR) is 118 cm³/mol. The van der Waals surface area contributed by atoms with Gasteiger partial charge in [0.2, 0.25) is 5.91 Å². The Kier molecular flexibility index (Phi) is 7.03. The molecule has 150 valence electrons. The van der Waals surface area contributed by atoms with Gasteiger partial charge in [-0.15, -0.1) is 12.4 Å². The van der Waals surface area contributed by atoms with Crippen LogP contribution in [-0.2, 0) is 4.79 Å². The van der Waals surface area contributed by atoms with E-state index in [0.717, 1.165) is 42.2 Å². The maximum absolute atomic E-state index is 12.8. The fourth-order valence-electron chi connectivity index (χ4n) is 4.52. The van der Waals surface area contributed by atoms with Crippen LogP contribution < -0.4 is 0 Å². The molecular weight excluding hydrogens is 391 g/mol. The summed E-state index contributed by atoms with van der Waals surface area (Å²) < 4.78 is 0. The van der Waals surface area contributed by atoms with Gasteiger partial charge in [-0.05, 0) is 49.5 Å². The zero-order valence-corrected chi connectivity index (χ0v) is 17.9. The molecule has 2 heterocycles. The van der Waals surface area contributed by atoms with Crippen LogP contribution in [0.1, 0.15) is 37.3 Å². The molecule has 0 radical (unpaired) electrons. The average molecular weight is 419 g/mol. The summed E-state index contributed by atoms with van der Waals surface area (Å²) in [7, 11) is 1.95. The number of amides is 1. The number of carbonyl (C=O) groups excluding carboxylic acids is 1. The van der Waals surface area contributed by atoms with Crippen LogP contribution >= 0.6 is 24.0 Å². The number of benzene rings is 2. The first-order valence-electron chi connectivity index (χ1n) is 9.97. The van der Waals surface area contributed by atoms with Gasteiger partial charge in [-0.25, -0.2) is 0 Å². The van der Waals surface area contributed by atoms with E-state index in [1.807, 2.05) is 36.2 Å². The fraction of sp³-hybridized carbons (Fsp3) is 0.435. The Labute approximate surface area is 179 Å². The number of nitrogens with zero attached hydrogens (tertiary/aromatic N) is 2. The van der Waals surface area contributed by atoms with Crippen molar-refractivity contribution in [2.24, 2.45) is 5.92 Å². The first-order chi connectivity index (χ1) is 13.1. The van der Waals surface area contributed by atoms with Crippen molar-refractivity contribution >= 4 is 29.9 Å². The van der Waals surface area contributed by atoms with Crippen molar-refractivity contribution in [2.75, 3.05) is 26.7 Å². The highest BCUT2D eigenvalue weighted by molar-refractivity contribution is 6.33. The molecule has 2 aromatic rings. The second-order valence-corrected chi connectivity index (χ2v) is 8.27. The van der Waals surface area contributed by atoms with Gasteiger partial charge in [0, 0.05) is 24.2 Å². The van der Waals surface area contributed by atoms with Crippen LogP contribution in [0.2, 0.25) is 5.02 Å². The molecule has 2 saturated heterocycles. The molecule has 2 aliphatic rings. The Hall–Kier alpha value is -1.55. The molecular formula is C23H28Cl2N2O. The molecule has 0 spiro atoms. The van der Waals surface area contributed by atoms with Crippen LogP contribution in [-0.4, -0.2) is 42.4 Å². The lowest BCUT2D eigenvalue weighted by Crippen LogP contribution is -2.36. The number of carbonyl (C=O) groups is 1. The van der Waals surface area contributed by atoms with Crippen molar-refractivity contribution in [2.45, 2.75) is 31.7 Å². The van der Waals surface area contributed by atoms with E-state index >= 15 is 0 Å². The van der Waals surface area contributed by atoms with Crippen molar-refractivity contribution in [3.8, 4) is 11.1 Å². The highest BCUT2D eigenvalue weighted by atomic mass is 35.5. The van der Waals surface area contributed by atoms with Gasteiger partial charge in [0.1, 0.15) is 0 Å². The zero-order chi connectivity index (χ0) is 18.8. The first kappa shape index (κ1) is 21.2. The lowest BCUT2D eigenvalue weighted by atomic mass is 9.96. The standard InChI is InChI=1S/C23H27ClN2O.ClH/c1-25-22(15-19(23(25)27)16-26-13-5-2-6-14-26)18-11-9-17(10-12-18)20-7-3-4-8-21(20)24;/h3-4,7-12,19,22H,2,5-6,13-16H2,1H3;1H/t19-,22+;/m0./s1. The van der Waals surface area contributed by atoms with E-state index in [2.05, 4.69) is 29.2 Å². The molecule has 2 aliphatic heterocycles. The van der Waals surface area contributed by atoms with E-state index < -0.39 is 0 Å². The van der Waals surface area contributed by atoms with Crippen LogP contribution in [0.15, 0.2) is 48.5 Å². The summed E-state index contributed by atoms with van der Waals surface area (Å²) in [6, 6.07) is 16.6. The van der Waals surface area contributed by atoms with E-state index in [1.54, 1.807) is 0 Å². The number of rotatable bonds is 4. The molecule has 0 bridgehead atoms. The molecule has 3 nitrogen and oxygen atoms in total. The summed E-state index contributed by atoms with van der Waals surface area (Å²) in [4.78, 5) is 17.2. The first-order valence-corrected chi connectivity index (χ1v) is 10.3. The molecule has 2 atom stereocenters. The Morgan fingerprint density at radius 2 is 1.68 bits per heavy atom. The third kappa shape index (κ3) is 4.37. The van der Waals surface area contributed by atoms with E-state index in [-0.39, 0.29) is 24.4 Å². The Bertz CT molecular complexity index is 803. The van der Waals surface area contributed by atoms with Crippen LogP contribution in [0.5, 0.6) is 0 Å². The zero-order valence-electron chi connectivity index (χ0n) is 16.3. The average Bonchev–Trinajstić information content (AvgIpc) is 2.98. The lowest BCUT2D eigenvalue weighted by Gasteiger charge is -2.28. The smallest absolute Gasteiger partial charge is 0.227 e. The summed E-state index contributed by atoms with van der Waals surface area (Å²) >= 11 is 6.32. The summed E-state index contributed by atoms with van der Waals surface area (Å²) in [5.74, 6) is 0.419. The van der Waals surface area contributed by atoms with Gasteiger partial charge < -0.3 is 9.80 Å². The Morgan fingerprint density at radius 1 is 1.00 bits per heavy atom. The van der Waals surface area contributed by atoms with Crippen LogP contribution in [0.4, 0.5) is 0 Å². The fourth-order valence-corrected chi connectivity index (χ4v) is 4.76. The number of halogens is 2. The maximum Gasteiger partial charge on any atom is 0.227 e. The second-order valence-electron chi connectivity index (χ2n) is 7.86. The topological polar surface area (TPSA) is 23.6 Å². The van der Waals surface area contributed by atoms with Crippen molar-refractivity contribution in [1.29, 1.82) is 0 Å². The molecule has 0 unspecified atom stereocenters. The number of hydrogen-bond donors (Lipinski definition) is 0. The van der Waals surface area contributed by atoms with Gasteiger partial charge in [0.15, 0.2) is 0 Å². The maximum atomic E-state index is 12.8. The summed E-state index contributed by atoms with van der Waals surface area (Å²) in [5.41, 5.74) is 3.37. The molecule has 0 aliphatic carbocycles. The predicted octanol–water partition coefficient (Wildman–Crippen LogP) is 5.43. The third-order valence-corrected chi connectivity index (χ3v) is 6.41. The van der Waals surface area contributed by atoms with Gasteiger partial charge >= 0.3 is 0 Å². The Morgan fingerprint density at radius 3 is 2.36 bits per heavy atom. The molecule has 28 heavy (non-hydrogen) atoms. The minimum absolute atomic E-state index is 0. The van der Waals surface area contributed by atoms with Gasteiger partial charge in [0.05, 0.1) is 12.0 Å².